The fourth-order valence-corrected chi connectivity index (χ4v) is 1.87. The molecule has 15 heavy (non-hydrogen) atoms. The molecule has 2 aliphatic heterocycles. The number of amides is 1. The maximum absolute atomic E-state index is 11.6. The molecule has 2 saturated heterocycles. The molecule has 86 valence electrons. The van der Waals surface area contributed by atoms with Gasteiger partial charge >= 0.3 is 0 Å². The van der Waals surface area contributed by atoms with E-state index in [9.17, 15) is 9.90 Å². The van der Waals surface area contributed by atoms with Crippen molar-refractivity contribution in [1.29, 1.82) is 0 Å². The molecule has 0 aromatic rings. The molecule has 1 amide bonds. The Balaban J connectivity index is 1.72. The molecule has 0 aromatic carbocycles. The van der Waals surface area contributed by atoms with Crippen molar-refractivity contribution in [2.75, 3.05) is 32.8 Å². The predicted octanol–water partition coefficient (Wildman–Crippen LogP) is -1.04. The zero-order valence-electron chi connectivity index (χ0n) is 9.03. The number of hydrogen-bond donors (Lipinski definition) is 2. The maximum Gasteiger partial charge on any atom is 0.248 e. The Morgan fingerprint density at radius 2 is 2.40 bits per heavy atom. The third-order valence-corrected chi connectivity index (χ3v) is 3.06. The standard InChI is InChI=1S/C10H18N2O3/c1-10(6-11-7-10)15-5-9(14)12-3-2-8(13)4-12/h8,11,13H,2-7H2,1H3. The maximum atomic E-state index is 11.6. The molecule has 0 spiro atoms. The van der Waals surface area contributed by atoms with Gasteiger partial charge in [0, 0.05) is 26.2 Å². The van der Waals surface area contributed by atoms with Gasteiger partial charge in [0.25, 0.3) is 0 Å². The summed E-state index contributed by atoms with van der Waals surface area (Å²) in [6.07, 6.45) is 0.333. The zero-order valence-corrected chi connectivity index (χ0v) is 9.03. The second-order valence-electron chi connectivity index (χ2n) is 4.62. The number of β-amino-alcohol motifs (C(OH)–C–C–N with tert-alkyl or cyclic N) is 1. The van der Waals surface area contributed by atoms with Gasteiger partial charge < -0.3 is 20.1 Å². The monoisotopic (exact) mass is 214 g/mol. The van der Waals surface area contributed by atoms with Crippen LogP contribution in [0, 0.1) is 0 Å². The normalized spacial score (nSPS) is 28.9. The highest BCUT2D eigenvalue weighted by atomic mass is 16.5. The first-order valence-corrected chi connectivity index (χ1v) is 5.40. The Hall–Kier alpha value is -0.650. The van der Waals surface area contributed by atoms with Crippen LogP contribution in [0.15, 0.2) is 0 Å². The summed E-state index contributed by atoms with van der Waals surface area (Å²) in [6.45, 7) is 4.85. The molecule has 2 rings (SSSR count). The lowest BCUT2D eigenvalue weighted by Crippen LogP contribution is -2.59. The highest BCUT2D eigenvalue weighted by molar-refractivity contribution is 5.77. The van der Waals surface area contributed by atoms with Crippen LogP contribution in [-0.2, 0) is 9.53 Å². The number of hydrogen-bond acceptors (Lipinski definition) is 4. The summed E-state index contributed by atoms with van der Waals surface area (Å²) in [5.74, 6) is -0.0142. The second kappa shape index (κ2) is 4.08. The molecular formula is C10H18N2O3. The van der Waals surface area contributed by atoms with Gasteiger partial charge in [-0.2, -0.15) is 0 Å². The van der Waals surface area contributed by atoms with Crippen LogP contribution >= 0.6 is 0 Å². The van der Waals surface area contributed by atoms with Crippen LogP contribution in [0.3, 0.4) is 0 Å². The number of carbonyl (C=O) groups excluding carboxylic acids is 1. The van der Waals surface area contributed by atoms with E-state index in [-0.39, 0.29) is 24.2 Å². The van der Waals surface area contributed by atoms with Gasteiger partial charge in [-0.25, -0.2) is 0 Å². The molecule has 0 bridgehead atoms. The molecule has 0 saturated carbocycles. The summed E-state index contributed by atoms with van der Waals surface area (Å²) >= 11 is 0. The first-order valence-electron chi connectivity index (χ1n) is 5.40. The molecule has 2 fully saturated rings. The molecule has 0 aliphatic carbocycles. The first-order chi connectivity index (χ1) is 7.09. The van der Waals surface area contributed by atoms with Crippen LogP contribution < -0.4 is 5.32 Å². The molecule has 2 heterocycles. The summed E-state index contributed by atoms with van der Waals surface area (Å²) in [6, 6.07) is 0. The Bertz CT molecular complexity index is 253. The number of aliphatic hydroxyl groups is 1. The Morgan fingerprint density at radius 3 is 2.87 bits per heavy atom. The minimum atomic E-state index is -0.352. The van der Waals surface area contributed by atoms with Crippen LogP contribution in [0.25, 0.3) is 0 Å². The van der Waals surface area contributed by atoms with E-state index in [0.29, 0.717) is 19.5 Å². The van der Waals surface area contributed by atoms with Crippen LogP contribution in [0.2, 0.25) is 0 Å². The zero-order chi connectivity index (χ0) is 10.9. The number of ether oxygens (including phenoxy) is 1. The Labute approximate surface area is 89.4 Å². The second-order valence-corrected chi connectivity index (χ2v) is 4.62. The lowest BCUT2D eigenvalue weighted by atomic mass is 10.0. The average Bonchev–Trinajstić information content (AvgIpc) is 2.58. The smallest absolute Gasteiger partial charge is 0.248 e. The summed E-state index contributed by atoms with van der Waals surface area (Å²) in [5, 5.41) is 12.4. The molecule has 2 aliphatic rings. The fourth-order valence-electron chi connectivity index (χ4n) is 1.87. The van der Waals surface area contributed by atoms with E-state index >= 15 is 0 Å². The molecular weight excluding hydrogens is 196 g/mol. The van der Waals surface area contributed by atoms with Crippen LogP contribution in [0.5, 0.6) is 0 Å². The number of nitrogens with zero attached hydrogens (tertiary/aromatic N) is 1. The number of carbonyl (C=O) groups is 1. The quantitative estimate of drug-likeness (QED) is 0.630. The van der Waals surface area contributed by atoms with E-state index in [2.05, 4.69) is 5.32 Å². The van der Waals surface area contributed by atoms with Gasteiger partial charge in [0.2, 0.25) is 5.91 Å². The van der Waals surface area contributed by atoms with Gasteiger partial charge in [0.1, 0.15) is 6.61 Å². The SMILES string of the molecule is CC1(OCC(=O)N2CCC(O)C2)CNC1. The van der Waals surface area contributed by atoms with Crippen LogP contribution in [0.4, 0.5) is 0 Å². The summed E-state index contributed by atoms with van der Waals surface area (Å²) < 4.78 is 5.54. The topological polar surface area (TPSA) is 61.8 Å². The lowest BCUT2D eigenvalue weighted by molar-refractivity contribution is -0.145. The van der Waals surface area contributed by atoms with E-state index in [1.807, 2.05) is 6.92 Å². The number of likely N-dealkylation sites (tertiary alicyclic amines) is 1. The van der Waals surface area contributed by atoms with Crippen molar-refractivity contribution in [1.82, 2.24) is 10.2 Å². The van der Waals surface area contributed by atoms with Crippen molar-refractivity contribution in [2.45, 2.75) is 25.0 Å². The molecule has 5 nitrogen and oxygen atoms in total. The van der Waals surface area contributed by atoms with E-state index < -0.39 is 0 Å². The van der Waals surface area contributed by atoms with Gasteiger partial charge in [0.15, 0.2) is 0 Å². The third kappa shape index (κ3) is 2.48. The Kier molecular flexibility index (Phi) is 2.95. The average molecular weight is 214 g/mol. The summed E-state index contributed by atoms with van der Waals surface area (Å²) in [4.78, 5) is 13.3. The van der Waals surface area contributed by atoms with Crippen molar-refractivity contribution in [3.8, 4) is 0 Å². The van der Waals surface area contributed by atoms with Crippen molar-refractivity contribution in [3.05, 3.63) is 0 Å². The Morgan fingerprint density at radius 1 is 1.67 bits per heavy atom. The minimum absolute atomic E-state index is 0.0142. The number of rotatable bonds is 3. The van der Waals surface area contributed by atoms with Gasteiger partial charge in [-0.05, 0) is 13.3 Å². The minimum Gasteiger partial charge on any atom is -0.391 e. The van der Waals surface area contributed by atoms with Crippen LogP contribution in [0.1, 0.15) is 13.3 Å². The molecule has 1 atom stereocenters. The first kappa shape index (κ1) is 10.9. The van der Waals surface area contributed by atoms with E-state index in [1.54, 1.807) is 4.90 Å². The summed E-state index contributed by atoms with van der Waals surface area (Å²) in [5.41, 5.74) is -0.173. The predicted molar refractivity (Wildman–Crippen MR) is 54.4 cm³/mol. The number of nitrogens with one attached hydrogen (secondary N) is 1. The largest absolute Gasteiger partial charge is 0.391 e. The molecule has 0 aromatic heterocycles. The molecule has 1 unspecified atom stereocenters. The van der Waals surface area contributed by atoms with Crippen molar-refractivity contribution < 1.29 is 14.6 Å². The van der Waals surface area contributed by atoms with Crippen molar-refractivity contribution in [3.63, 3.8) is 0 Å². The molecule has 0 radical (unpaired) electrons. The van der Waals surface area contributed by atoms with E-state index in [4.69, 9.17) is 4.74 Å². The fraction of sp³-hybridized carbons (Fsp3) is 0.900. The molecule has 2 N–H and O–H groups in total. The molecule has 5 heteroatoms. The van der Waals surface area contributed by atoms with Gasteiger partial charge in [0.05, 0.1) is 11.7 Å². The van der Waals surface area contributed by atoms with E-state index in [0.717, 1.165) is 13.1 Å². The third-order valence-electron chi connectivity index (χ3n) is 3.06. The van der Waals surface area contributed by atoms with E-state index in [1.165, 1.54) is 0 Å². The highest BCUT2D eigenvalue weighted by Gasteiger charge is 2.34. The van der Waals surface area contributed by atoms with Gasteiger partial charge in [-0.15, -0.1) is 0 Å². The van der Waals surface area contributed by atoms with Crippen LogP contribution in [-0.4, -0.2) is 60.4 Å². The summed E-state index contributed by atoms with van der Waals surface area (Å²) in [7, 11) is 0. The van der Waals surface area contributed by atoms with Gasteiger partial charge in [-0.1, -0.05) is 0 Å². The van der Waals surface area contributed by atoms with Gasteiger partial charge in [-0.3, -0.25) is 4.79 Å². The number of aliphatic hydroxyl groups excluding tert-OH is 1. The van der Waals surface area contributed by atoms with Crippen molar-refractivity contribution in [2.24, 2.45) is 0 Å². The van der Waals surface area contributed by atoms with Crippen molar-refractivity contribution >= 4 is 5.91 Å². The highest BCUT2D eigenvalue weighted by Crippen LogP contribution is 2.16. The lowest BCUT2D eigenvalue weighted by Gasteiger charge is -2.39.